The van der Waals surface area contributed by atoms with E-state index in [1.807, 2.05) is 0 Å². The van der Waals surface area contributed by atoms with Crippen molar-refractivity contribution >= 4 is 0 Å². The second kappa shape index (κ2) is 7.22. The van der Waals surface area contributed by atoms with Crippen LogP contribution in [0.25, 0.3) is 0 Å². The van der Waals surface area contributed by atoms with Crippen LogP contribution in [-0.2, 0) is 4.74 Å². The Kier molecular flexibility index (Phi) is 5.36. The molecule has 0 aromatic heterocycles. The summed E-state index contributed by atoms with van der Waals surface area (Å²) in [5.74, 6) is -0.364. The molecule has 0 aliphatic heterocycles. The van der Waals surface area contributed by atoms with Gasteiger partial charge in [-0.05, 0) is 87.9 Å². The van der Waals surface area contributed by atoms with E-state index in [9.17, 15) is 13.2 Å². The van der Waals surface area contributed by atoms with Crippen molar-refractivity contribution in [2.75, 3.05) is 6.61 Å². The number of rotatable bonds is 4. The van der Waals surface area contributed by atoms with Crippen LogP contribution in [0.15, 0.2) is 0 Å². The molecule has 5 aliphatic rings. The molecule has 1 atom stereocenters. The molecule has 0 radical (unpaired) electrons. The molecule has 0 aromatic carbocycles. The van der Waals surface area contributed by atoms with Crippen LogP contribution in [0, 0.1) is 29.1 Å². The summed E-state index contributed by atoms with van der Waals surface area (Å²) in [7, 11) is 0. The normalized spacial score (nSPS) is 49.9. The van der Waals surface area contributed by atoms with Gasteiger partial charge >= 0.3 is 5.92 Å². The Morgan fingerprint density at radius 2 is 1.33 bits per heavy atom. The first-order valence-corrected chi connectivity index (χ1v) is 11.4. The summed E-state index contributed by atoms with van der Waals surface area (Å²) in [6, 6.07) is 0. The number of halogens is 3. The zero-order valence-electron chi connectivity index (χ0n) is 17.1. The smallest absolute Gasteiger partial charge is 0.307 e. The zero-order chi connectivity index (χ0) is 19.3. The van der Waals surface area contributed by atoms with E-state index < -0.39 is 23.1 Å². The molecule has 0 N–H and O–H groups in total. The number of fused-ring (bicyclic) bond motifs is 3. The molecule has 5 aliphatic carbocycles. The Labute approximate surface area is 162 Å². The second-order valence-corrected chi connectivity index (χ2v) is 10.7. The number of alkyl halides is 3. The Morgan fingerprint density at radius 3 is 1.89 bits per heavy atom. The molecule has 5 fully saturated rings. The Hall–Kier alpha value is -0.250. The van der Waals surface area contributed by atoms with E-state index in [4.69, 9.17) is 4.74 Å². The fourth-order valence-corrected chi connectivity index (χ4v) is 6.58. The van der Waals surface area contributed by atoms with E-state index in [-0.39, 0.29) is 0 Å². The van der Waals surface area contributed by atoms with Crippen LogP contribution in [0.1, 0.15) is 90.9 Å². The minimum absolute atomic E-state index is 0.312. The highest BCUT2D eigenvalue weighted by Crippen LogP contribution is 2.61. The summed E-state index contributed by atoms with van der Waals surface area (Å²) in [5.41, 5.74) is -2.40. The lowest BCUT2D eigenvalue weighted by Crippen LogP contribution is -2.68. The van der Waals surface area contributed by atoms with Gasteiger partial charge in [0, 0.05) is 5.41 Å². The maximum Gasteiger partial charge on any atom is 0.307 e. The van der Waals surface area contributed by atoms with Crippen molar-refractivity contribution in [3.63, 3.8) is 0 Å². The standard InChI is InChI=1S/C23H37F3O/c1-16-3-7-18(8-4-16)19-9-5-17(6-10-19)15-27-22-13-11-21(2,12-14-22)20(24)23(22,25)26/h16-20H,3-15H2,1-2H3. The third-order valence-corrected chi connectivity index (χ3v) is 8.95. The van der Waals surface area contributed by atoms with E-state index >= 15 is 0 Å². The van der Waals surface area contributed by atoms with Crippen molar-refractivity contribution < 1.29 is 17.9 Å². The van der Waals surface area contributed by atoms with Crippen LogP contribution in [-0.4, -0.2) is 24.3 Å². The quantitative estimate of drug-likeness (QED) is 0.508. The highest BCUT2D eigenvalue weighted by Gasteiger charge is 2.71. The van der Waals surface area contributed by atoms with Crippen LogP contribution in [0.4, 0.5) is 13.2 Å². The van der Waals surface area contributed by atoms with Crippen molar-refractivity contribution in [3.05, 3.63) is 0 Å². The van der Waals surface area contributed by atoms with Gasteiger partial charge in [-0.15, -0.1) is 0 Å². The molecule has 1 nitrogen and oxygen atoms in total. The van der Waals surface area contributed by atoms with Gasteiger partial charge in [-0.25, -0.2) is 13.2 Å². The number of hydrogen-bond donors (Lipinski definition) is 0. The SMILES string of the molecule is CC1CCC(C2CCC(COC34CCC(C)(CC3)C(F)C4(F)F)CC2)CC1. The summed E-state index contributed by atoms with van der Waals surface area (Å²) in [6.07, 6.45) is 9.73. The molecular formula is C23H37F3O. The Bertz CT molecular complexity index is 510. The van der Waals surface area contributed by atoms with Gasteiger partial charge in [-0.3, -0.25) is 0 Å². The molecule has 0 heterocycles. The summed E-state index contributed by atoms with van der Waals surface area (Å²) < 4.78 is 50.0. The van der Waals surface area contributed by atoms with Crippen molar-refractivity contribution in [3.8, 4) is 0 Å². The largest absolute Gasteiger partial charge is 0.368 e. The predicted molar refractivity (Wildman–Crippen MR) is 102 cm³/mol. The van der Waals surface area contributed by atoms with Gasteiger partial charge in [-0.2, -0.15) is 0 Å². The minimum Gasteiger partial charge on any atom is -0.368 e. The average molecular weight is 387 g/mol. The molecule has 0 amide bonds. The van der Waals surface area contributed by atoms with Crippen LogP contribution < -0.4 is 0 Å². The van der Waals surface area contributed by atoms with Crippen molar-refractivity contribution in [1.29, 1.82) is 0 Å². The zero-order valence-corrected chi connectivity index (χ0v) is 17.1. The maximum atomic E-state index is 14.8. The molecule has 0 aromatic rings. The van der Waals surface area contributed by atoms with Crippen LogP contribution in [0.3, 0.4) is 0 Å². The third kappa shape index (κ3) is 3.46. The van der Waals surface area contributed by atoms with Gasteiger partial charge in [0.25, 0.3) is 0 Å². The molecule has 5 rings (SSSR count). The maximum absolute atomic E-state index is 14.8. The van der Waals surface area contributed by atoms with Gasteiger partial charge in [0.1, 0.15) is 5.60 Å². The molecule has 0 saturated heterocycles. The Morgan fingerprint density at radius 1 is 0.815 bits per heavy atom. The first-order chi connectivity index (χ1) is 12.8. The lowest BCUT2D eigenvalue weighted by Gasteiger charge is -2.57. The van der Waals surface area contributed by atoms with Gasteiger partial charge in [0.15, 0.2) is 6.17 Å². The van der Waals surface area contributed by atoms with Gasteiger partial charge in [0.2, 0.25) is 0 Å². The number of hydrogen-bond acceptors (Lipinski definition) is 1. The lowest BCUT2D eigenvalue weighted by atomic mass is 9.56. The van der Waals surface area contributed by atoms with E-state index in [1.54, 1.807) is 6.92 Å². The fraction of sp³-hybridized carbons (Fsp3) is 1.00. The van der Waals surface area contributed by atoms with E-state index in [1.165, 1.54) is 38.5 Å². The molecule has 2 bridgehead atoms. The van der Waals surface area contributed by atoms with Crippen molar-refractivity contribution in [1.82, 2.24) is 0 Å². The van der Waals surface area contributed by atoms with Gasteiger partial charge < -0.3 is 4.74 Å². The van der Waals surface area contributed by atoms with Gasteiger partial charge in [0.05, 0.1) is 6.61 Å². The minimum atomic E-state index is -3.34. The first kappa shape index (κ1) is 20.0. The van der Waals surface area contributed by atoms with Crippen LogP contribution in [0.2, 0.25) is 0 Å². The van der Waals surface area contributed by atoms with Crippen LogP contribution >= 0.6 is 0 Å². The lowest BCUT2D eigenvalue weighted by molar-refractivity contribution is -0.312. The van der Waals surface area contributed by atoms with Crippen molar-refractivity contribution in [2.24, 2.45) is 29.1 Å². The molecule has 5 saturated carbocycles. The van der Waals surface area contributed by atoms with Crippen molar-refractivity contribution in [2.45, 2.75) is 109 Å². The fourth-order valence-electron chi connectivity index (χ4n) is 6.58. The summed E-state index contributed by atoms with van der Waals surface area (Å²) in [4.78, 5) is 0. The topological polar surface area (TPSA) is 9.23 Å². The number of ether oxygens (including phenoxy) is 1. The van der Waals surface area contributed by atoms with E-state index in [0.29, 0.717) is 38.2 Å². The molecular weight excluding hydrogens is 349 g/mol. The summed E-state index contributed by atoms with van der Waals surface area (Å²) in [5, 5.41) is 0. The molecule has 0 spiro atoms. The molecule has 156 valence electrons. The van der Waals surface area contributed by atoms with Gasteiger partial charge in [-0.1, -0.05) is 26.7 Å². The monoisotopic (exact) mass is 386 g/mol. The highest BCUT2D eigenvalue weighted by atomic mass is 19.3. The first-order valence-electron chi connectivity index (χ1n) is 11.4. The second-order valence-electron chi connectivity index (χ2n) is 10.7. The van der Waals surface area contributed by atoms with Crippen LogP contribution in [0.5, 0.6) is 0 Å². The molecule has 27 heavy (non-hydrogen) atoms. The Balaban J connectivity index is 1.29. The third-order valence-electron chi connectivity index (χ3n) is 8.95. The molecule has 4 heteroatoms. The predicted octanol–water partition coefficient (Wildman–Crippen LogP) is 6.94. The molecule has 1 unspecified atom stereocenters. The summed E-state index contributed by atoms with van der Waals surface area (Å²) in [6.45, 7) is 4.44. The summed E-state index contributed by atoms with van der Waals surface area (Å²) >= 11 is 0. The highest BCUT2D eigenvalue weighted by molar-refractivity contribution is 5.14. The average Bonchev–Trinajstić information content (AvgIpc) is 2.67. The van der Waals surface area contributed by atoms with E-state index in [0.717, 1.165) is 30.6 Å². The van der Waals surface area contributed by atoms with E-state index in [2.05, 4.69) is 6.92 Å².